The number of hydrogen-bond acceptors (Lipinski definition) is 2. The number of aromatic amines is 1. The second-order valence-corrected chi connectivity index (χ2v) is 3.95. The predicted molar refractivity (Wildman–Crippen MR) is 55.4 cm³/mol. The fourth-order valence-electron chi connectivity index (χ4n) is 1.24. The molecular weight excluding hydrogens is 194 g/mol. The van der Waals surface area contributed by atoms with Gasteiger partial charge in [-0.05, 0) is 0 Å². The maximum atomic E-state index is 11.7. The molecule has 0 aliphatic heterocycles. The van der Waals surface area contributed by atoms with Crippen LogP contribution in [0.3, 0.4) is 0 Å². The number of H-pyrrole nitrogens is 1. The van der Waals surface area contributed by atoms with Crippen molar-refractivity contribution in [2.24, 2.45) is 0 Å². The van der Waals surface area contributed by atoms with E-state index in [1.165, 1.54) is 0 Å². The third-order valence-corrected chi connectivity index (χ3v) is 2.76. The average Bonchev–Trinajstić information content (AvgIpc) is 2.72. The molecule has 0 amide bonds. The van der Waals surface area contributed by atoms with Crippen LogP contribution in [0.5, 0.6) is 0 Å². The van der Waals surface area contributed by atoms with Crippen LogP contribution in [-0.2, 0) is 6.42 Å². The van der Waals surface area contributed by atoms with E-state index in [4.69, 9.17) is 0 Å². The Labute approximate surface area is 86.2 Å². The van der Waals surface area contributed by atoms with Gasteiger partial charge in [-0.15, -0.1) is 0 Å². The molecule has 1 heterocycles. The largest absolute Gasteiger partial charge is 0.294 e. The molecule has 1 aromatic heterocycles. The van der Waals surface area contributed by atoms with Crippen molar-refractivity contribution in [3.8, 4) is 0 Å². The standard InChI is InChI=1S/C11H9NOS/c13-10(8-11-12-6-7-14-11)9-4-2-1-3-5-9/h1-7H,8H2/p+1. The van der Waals surface area contributed by atoms with E-state index < -0.39 is 0 Å². The quantitative estimate of drug-likeness (QED) is 0.703. The molecule has 0 radical (unpaired) electrons. The van der Waals surface area contributed by atoms with E-state index in [1.54, 1.807) is 11.3 Å². The first-order valence-corrected chi connectivity index (χ1v) is 5.26. The van der Waals surface area contributed by atoms with Crippen LogP contribution in [0.15, 0.2) is 41.9 Å². The first-order chi connectivity index (χ1) is 6.86. The van der Waals surface area contributed by atoms with Crippen LogP contribution in [-0.4, -0.2) is 5.78 Å². The average molecular weight is 204 g/mol. The van der Waals surface area contributed by atoms with Gasteiger partial charge in [0, 0.05) is 5.56 Å². The molecule has 3 heteroatoms. The molecule has 0 bridgehead atoms. The molecule has 0 saturated heterocycles. The molecule has 0 aliphatic carbocycles. The maximum absolute atomic E-state index is 11.7. The minimum Gasteiger partial charge on any atom is -0.294 e. The SMILES string of the molecule is O=C(Cc1[nH+]ccs1)c1ccccc1. The smallest absolute Gasteiger partial charge is 0.243 e. The molecule has 0 atom stereocenters. The van der Waals surface area contributed by atoms with Gasteiger partial charge in [-0.25, -0.2) is 4.98 Å². The van der Waals surface area contributed by atoms with E-state index in [-0.39, 0.29) is 5.78 Å². The van der Waals surface area contributed by atoms with E-state index in [9.17, 15) is 4.79 Å². The Kier molecular flexibility index (Phi) is 2.70. The van der Waals surface area contributed by atoms with Gasteiger partial charge in [0.1, 0.15) is 6.42 Å². The number of aromatic nitrogens is 1. The van der Waals surface area contributed by atoms with Gasteiger partial charge in [0.05, 0.1) is 5.38 Å². The molecule has 1 aromatic carbocycles. The van der Waals surface area contributed by atoms with Crippen LogP contribution in [0.4, 0.5) is 0 Å². The Hall–Kier alpha value is -1.48. The van der Waals surface area contributed by atoms with Crippen LogP contribution in [0.25, 0.3) is 0 Å². The van der Waals surface area contributed by atoms with Gasteiger partial charge in [0.15, 0.2) is 12.0 Å². The highest BCUT2D eigenvalue weighted by molar-refractivity contribution is 7.09. The fraction of sp³-hybridized carbons (Fsp3) is 0.0909. The summed E-state index contributed by atoms with van der Waals surface area (Å²) in [6.45, 7) is 0. The second kappa shape index (κ2) is 4.15. The Morgan fingerprint density at radius 2 is 2.07 bits per heavy atom. The molecule has 70 valence electrons. The molecule has 0 fully saturated rings. The molecule has 0 saturated carbocycles. The van der Waals surface area contributed by atoms with E-state index in [0.29, 0.717) is 6.42 Å². The zero-order valence-electron chi connectivity index (χ0n) is 7.57. The van der Waals surface area contributed by atoms with Crippen LogP contribution in [0.1, 0.15) is 15.4 Å². The molecule has 2 nitrogen and oxygen atoms in total. The zero-order valence-corrected chi connectivity index (χ0v) is 8.38. The van der Waals surface area contributed by atoms with Crippen molar-refractivity contribution in [3.63, 3.8) is 0 Å². The van der Waals surface area contributed by atoms with E-state index >= 15 is 0 Å². The predicted octanol–water partition coefficient (Wildman–Crippen LogP) is 1.99. The molecule has 2 rings (SSSR count). The molecule has 0 spiro atoms. The first-order valence-electron chi connectivity index (χ1n) is 4.38. The summed E-state index contributed by atoms with van der Waals surface area (Å²) in [5, 5.41) is 2.94. The summed E-state index contributed by atoms with van der Waals surface area (Å²) in [5.41, 5.74) is 0.772. The molecule has 0 unspecified atom stereocenters. The van der Waals surface area contributed by atoms with Crippen molar-refractivity contribution < 1.29 is 9.78 Å². The Balaban J connectivity index is 2.11. The minimum absolute atomic E-state index is 0.157. The minimum atomic E-state index is 0.157. The lowest BCUT2D eigenvalue weighted by atomic mass is 10.1. The summed E-state index contributed by atoms with van der Waals surface area (Å²) in [6.07, 6.45) is 2.31. The molecule has 14 heavy (non-hydrogen) atoms. The molecule has 0 aliphatic rings. The van der Waals surface area contributed by atoms with Crippen LogP contribution < -0.4 is 4.98 Å². The lowest BCUT2D eigenvalue weighted by molar-refractivity contribution is -0.381. The number of nitrogens with one attached hydrogen (secondary N) is 1. The van der Waals surface area contributed by atoms with Gasteiger partial charge in [0.25, 0.3) is 0 Å². The monoisotopic (exact) mass is 204 g/mol. The number of thiazole rings is 1. The Bertz CT molecular complexity index is 408. The molecule has 1 N–H and O–H groups in total. The topological polar surface area (TPSA) is 31.2 Å². The highest BCUT2D eigenvalue weighted by Crippen LogP contribution is 2.06. The number of ketones is 1. The summed E-state index contributed by atoms with van der Waals surface area (Å²) in [5.74, 6) is 0.157. The Morgan fingerprint density at radius 1 is 1.29 bits per heavy atom. The number of hydrogen-bond donors (Lipinski definition) is 0. The first kappa shape index (κ1) is 9.09. The molecular formula is C11H10NOS+. The third kappa shape index (κ3) is 2.06. The van der Waals surface area contributed by atoms with Crippen molar-refractivity contribution in [2.45, 2.75) is 6.42 Å². The van der Waals surface area contributed by atoms with E-state index in [1.807, 2.05) is 41.9 Å². The summed E-state index contributed by atoms with van der Waals surface area (Å²) >= 11 is 1.57. The van der Waals surface area contributed by atoms with Gasteiger partial charge < -0.3 is 0 Å². The highest BCUT2D eigenvalue weighted by Gasteiger charge is 2.11. The number of carbonyl (C=O) groups excluding carboxylic acids is 1. The van der Waals surface area contributed by atoms with Gasteiger partial charge >= 0.3 is 0 Å². The summed E-state index contributed by atoms with van der Waals surface area (Å²) in [4.78, 5) is 14.7. The van der Waals surface area contributed by atoms with Gasteiger partial charge in [-0.1, -0.05) is 41.7 Å². The van der Waals surface area contributed by atoms with Crippen LogP contribution >= 0.6 is 11.3 Å². The maximum Gasteiger partial charge on any atom is 0.243 e. The van der Waals surface area contributed by atoms with E-state index in [2.05, 4.69) is 4.98 Å². The van der Waals surface area contributed by atoms with Crippen molar-refractivity contribution >= 4 is 17.1 Å². The normalized spacial score (nSPS) is 10.0. The third-order valence-electron chi connectivity index (χ3n) is 1.94. The van der Waals surface area contributed by atoms with Crippen LogP contribution in [0, 0.1) is 0 Å². The zero-order chi connectivity index (χ0) is 9.80. The number of carbonyl (C=O) groups is 1. The van der Waals surface area contributed by atoms with Crippen molar-refractivity contribution in [1.82, 2.24) is 0 Å². The number of benzene rings is 1. The van der Waals surface area contributed by atoms with Crippen molar-refractivity contribution in [1.29, 1.82) is 0 Å². The van der Waals surface area contributed by atoms with Gasteiger partial charge in [-0.3, -0.25) is 4.79 Å². The van der Waals surface area contributed by atoms with Crippen molar-refractivity contribution in [2.75, 3.05) is 0 Å². The lowest BCUT2D eigenvalue weighted by Gasteiger charge is -1.94. The van der Waals surface area contributed by atoms with Crippen molar-refractivity contribution in [3.05, 3.63) is 52.5 Å². The second-order valence-electron chi connectivity index (χ2n) is 2.95. The molecule has 2 aromatic rings. The summed E-state index contributed by atoms with van der Waals surface area (Å²) in [6, 6.07) is 9.36. The van der Waals surface area contributed by atoms with E-state index in [0.717, 1.165) is 10.6 Å². The summed E-state index contributed by atoms with van der Waals surface area (Å²) in [7, 11) is 0. The van der Waals surface area contributed by atoms with Crippen LogP contribution in [0.2, 0.25) is 0 Å². The number of Topliss-reactive ketones (excluding diaryl/α,β-unsaturated/α-hetero) is 1. The summed E-state index contributed by atoms with van der Waals surface area (Å²) < 4.78 is 0. The van der Waals surface area contributed by atoms with Gasteiger partial charge in [-0.2, -0.15) is 0 Å². The highest BCUT2D eigenvalue weighted by atomic mass is 32.1. The number of rotatable bonds is 3. The fourth-order valence-corrected chi connectivity index (χ4v) is 1.89. The lowest BCUT2D eigenvalue weighted by Crippen LogP contribution is -2.10. The Morgan fingerprint density at radius 3 is 2.71 bits per heavy atom. The van der Waals surface area contributed by atoms with Gasteiger partial charge in [0.2, 0.25) is 5.01 Å².